The first kappa shape index (κ1) is 13.2. The van der Waals surface area contributed by atoms with E-state index in [2.05, 4.69) is 10.3 Å². The highest BCUT2D eigenvalue weighted by molar-refractivity contribution is 7.15. The molecule has 0 saturated heterocycles. The number of aryl methyl sites for hydroxylation is 2. The van der Waals surface area contributed by atoms with Crippen LogP contribution in [0.1, 0.15) is 40.9 Å². The zero-order chi connectivity index (χ0) is 14.1. The van der Waals surface area contributed by atoms with Crippen molar-refractivity contribution in [3.8, 4) is 0 Å². The number of aliphatic carboxylic acids is 1. The minimum atomic E-state index is -0.774. The summed E-state index contributed by atoms with van der Waals surface area (Å²) in [5, 5.41) is 13.2. The topological polar surface area (TPSA) is 75.4 Å². The number of rotatable bonds is 4. The quantitative estimate of drug-likeness (QED) is 0.905. The van der Waals surface area contributed by atoms with Crippen LogP contribution >= 0.6 is 11.3 Å². The molecule has 0 aromatic carbocycles. The summed E-state index contributed by atoms with van der Waals surface area (Å²) in [4.78, 5) is 16.8. The molecule has 0 radical (unpaired) electrons. The van der Waals surface area contributed by atoms with Gasteiger partial charge in [-0.3, -0.25) is 4.79 Å². The molecular formula is C14H16N2O3S. The molecule has 6 heteroatoms. The number of aromatic nitrogens is 1. The van der Waals surface area contributed by atoms with Gasteiger partial charge in [0.2, 0.25) is 0 Å². The maximum Gasteiger partial charge on any atom is 0.312 e. The Morgan fingerprint density at radius 3 is 3.15 bits per heavy atom. The molecule has 3 rings (SSSR count). The van der Waals surface area contributed by atoms with Crippen LogP contribution in [0.3, 0.4) is 0 Å². The molecule has 1 atom stereocenters. The highest BCUT2D eigenvalue weighted by Crippen LogP contribution is 2.36. The molecule has 0 aliphatic heterocycles. The van der Waals surface area contributed by atoms with Crippen LogP contribution in [-0.2, 0) is 17.8 Å². The van der Waals surface area contributed by atoms with E-state index in [9.17, 15) is 9.90 Å². The van der Waals surface area contributed by atoms with Crippen molar-refractivity contribution >= 4 is 22.4 Å². The maximum atomic E-state index is 11.2. The Balaban J connectivity index is 1.74. The van der Waals surface area contributed by atoms with E-state index < -0.39 is 11.9 Å². The van der Waals surface area contributed by atoms with Gasteiger partial charge in [-0.1, -0.05) is 0 Å². The molecule has 1 aliphatic carbocycles. The molecule has 2 heterocycles. The van der Waals surface area contributed by atoms with Crippen molar-refractivity contribution in [2.75, 3.05) is 5.32 Å². The average Bonchev–Trinajstić information content (AvgIpc) is 3.01. The third kappa shape index (κ3) is 2.56. The summed E-state index contributed by atoms with van der Waals surface area (Å²) >= 11 is 1.56. The predicted octanol–water partition coefficient (Wildman–Crippen LogP) is 3.16. The number of hydrogen-bond donors (Lipinski definition) is 2. The summed E-state index contributed by atoms with van der Waals surface area (Å²) in [6.07, 6.45) is 2.53. The van der Waals surface area contributed by atoms with E-state index in [1.54, 1.807) is 11.3 Å². The summed E-state index contributed by atoms with van der Waals surface area (Å²) in [6, 6.07) is 3.85. The molecule has 5 nitrogen and oxygen atoms in total. The molecule has 106 valence electrons. The Morgan fingerprint density at radius 1 is 1.60 bits per heavy atom. The molecule has 0 bridgehead atoms. The van der Waals surface area contributed by atoms with Crippen LogP contribution in [0.25, 0.3) is 0 Å². The first-order valence-electron chi connectivity index (χ1n) is 6.65. The number of carboxylic acid groups (broad SMARTS) is 1. The van der Waals surface area contributed by atoms with Crippen molar-refractivity contribution in [2.45, 2.75) is 38.6 Å². The fourth-order valence-electron chi connectivity index (χ4n) is 2.48. The molecule has 0 spiro atoms. The Kier molecular flexibility index (Phi) is 3.48. The van der Waals surface area contributed by atoms with Crippen LogP contribution in [0.4, 0.5) is 5.13 Å². The third-order valence-corrected chi connectivity index (χ3v) is 4.55. The van der Waals surface area contributed by atoms with E-state index in [4.69, 9.17) is 4.42 Å². The van der Waals surface area contributed by atoms with Gasteiger partial charge < -0.3 is 14.8 Å². The van der Waals surface area contributed by atoms with Gasteiger partial charge in [0.05, 0.1) is 12.2 Å². The number of fused-ring (bicyclic) bond motifs is 1. The summed E-state index contributed by atoms with van der Waals surface area (Å²) in [5.74, 6) is 0.512. The van der Waals surface area contributed by atoms with Gasteiger partial charge >= 0.3 is 5.97 Å². The van der Waals surface area contributed by atoms with E-state index >= 15 is 0 Å². The van der Waals surface area contributed by atoms with Gasteiger partial charge in [-0.15, -0.1) is 11.3 Å². The number of nitrogens with one attached hydrogen (secondary N) is 1. The van der Waals surface area contributed by atoms with Crippen molar-refractivity contribution < 1.29 is 14.3 Å². The van der Waals surface area contributed by atoms with Crippen molar-refractivity contribution in [1.29, 1.82) is 0 Å². The highest BCUT2D eigenvalue weighted by Gasteiger charge is 2.29. The number of hydrogen-bond acceptors (Lipinski definition) is 5. The smallest absolute Gasteiger partial charge is 0.312 e. The Hall–Kier alpha value is -1.82. The fourth-order valence-corrected chi connectivity index (χ4v) is 3.54. The summed E-state index contributed by atoms with van der Waals surface area (Å²) < 4.78 is 5.49. The average molecular weight is 292 g/mol. The van der Waals surface area contributed by atoms with Gasteiger partial charge in [0.1, 0.15) is 17.4 Å². The molecule has 0 fully saturated rings. The van der Waals surface area contributed by atoms with Gasteiger partial charge in [0, 0.05) is 4.88 Å². The number of nitrogens with zero attached hydrogens (tertiary/aromatic N) is 1. The lowest BCUT2D eigenvalue weighted by Crippen LogP contribution is -2.17. The Labute approximate surface area is 120 Å². The lowest BCUT2D eigenvalue weighted by Gasteiger charge is -2.16. The van der Waals surface area contributed by atoms with E-state index in [-0.39, 0.29) is 0 Å². The van der Waals surface area contributed by atoms with Crippen molar-refractivity contribution in [1.82, 2.24) is 4.98 Å². The van der Waals surface area contributed by atoms with Crippen molar-refractivity contribution in [3.63, 3.8) is 0 Å². The SMILES string of the molecule is Cc1ccc(CNc2nc3c(s2)CCCC3C(=O)O)o1. The van der Waals surface area contributed by atoms with Crippen LogP contribution in [-0.4, -0.2) is 16.1 Å². The standard InChI is InChI=1S/C14H16N2O3S/c1-8-5-6-9(19-8)7-15-14-16-12-10(13(17)18)3-2-4-11(12)20-14/h5-6,10H,2-4,7H2,1H3,(H,15,16)(H,17,18). The number of carbonyl (C=O) groups is 1. The minimum Gasteiger partial charge on any atom is -0.481 e. The molecular weight excluding hydrogens is 276 g/mol. The molecule has 1 aliphatic rings. The first-order chi connectivity index (χ1) is 9.63. The van der Waals surface area contributed by atoms with Crippen molar-refractivity contribution in [3.05, 3.63) is 34.2 Å². The predicted molar refractivity (Wildman–Crippen MR) is 76.2 cm³/mol. The molecule has 2 N–H and O–H groups in total. The molecule has 20 heavy (non-hydrogen) atoms. The van der Waals surface area contributed by atoms with Crippen molar-refractivity contribution in [2.24, 2.45) is 0 Å². The summed E-state index contributed by atoms with van der Waals surface area (Å²) in [7, 11) is 0. The number of thiazole rings is 1. The van der Waals surface area contributed by atoms with Crippen LogP contribution < -0.4 is 5.32 Å². The second-order valence-corrected chi connectivity index (χ2v) is 6.06. The van der Waals surface area contributed by atoms with E-state index in [1.165, 1.54) is 0 Å². The Morgan fingerprint density at radius 2 is 2.45 bits per heavy atom. The first-order valence-corrected chi connectivity index (χ1v) is 7.46. The second-order valence-electron chi connectivity index (χ2n) is 4.98. The third-order valence-electron chi connectivity index (χ3n) is 3.46. The van der Waals surface area contributed by atoms with Crippen LogP contribution in [0.5, 0.6) is 0 Å². The summed E-state index contributed by atoms with van der Waals surface area (Å²) in [6.45, 7) is 2.47. The number of anilines is 1. The molecule has 1 unspecified atom stereocenters. The normalized spacial score (nSPS) is 17.8. The molecule has 2 aromatic rings. The van der Waals surface area contributed by atoms with Crippen LogP contribution in [0.2, 0.25) is 0 Å². The zero-order valence-electron chi connectivity index (χ0n) is 11.2. The van der Waals surface area contributed by atoms with E-state index in [0.29, 0.717) is 13.0 Å². The second kappa shape index (κ2) is 5.28. The van der Waals surface area contributed by atoms with Gasteiger partial charge in [-0.25, -0.2) is 4.98 Å². The monoisotopic (exact) mass is 292 g/mol. The molecule has 0 amide bonds. The van der Waals surface area contributed by atoms with Crippen LogP contribution in [0.15, 0.2) is 16.5 Å². The number of carboxylic acids is 1. The lowest BCUT2D eigenvalue weighted by molar-refractivity contribution is -0.139. The highest BCUT2D eigenvalue weighted by atomic mass is 32.1. The maximum absolute atomic E-state index is 11.2. The minimum absolute atomic E-state index is 0.448. The lowest BCUT2D eigenvalue weighted by atomic mass is 9.91. The van der Waals surface area contributed by atoms with E-state index in [0.717, 1.165) is 40.1 Å². The van der Waals surface area contributed by atoms with E-state index in [1.807, 2.05) is 19.1 Å². The van der Waals surface area contributed by atoms with Gasteiger partial charge in [-0.2, -0.15) is 0 Å². The zero-order valence-corrected chi connectivity index (χ0v) is 12.0. The van der Waals surface area contributed by atoms with Gasteiger partial charge in [0.15, 0.2) is 5.13 Å². The molecule has 0 saturated carbocycles. The van der Waals surface area contributed by atoms with Gasteiger partial charge in [0.25, 0.3) is 0 Å². The fraction of sp³-hybridized carbons (Fsp3) is 0.429. The molecule has 2 aromatic heterocycles. The largest absolute Gasteiger partial charge is 0.481 e. The van der Waals surface area contributed by atoms with Gasteiger partial charge in [-0.05, 0) is 38.3 Å². The summed E-state index contributed by atoms with van der Waals surface area (Å²) in [5.41, 5.74) is 0.742. The number of furan rings is 1. The Bertz CT molecular complexity index is 632. The van der Waals surface area contributed by atoms with Crippen LogP contribution in [0, 0.1) is 6.92 Å².